The molecular formula is C23H33N3O3. The number of fused-ring (bicyclic) bond motifs is 4. The number of rotatable bonds is 5. The quantitative estimate of drug-likeness (QED) is 0.825. The molecule has 0 saturated carbocycles. The van der Waals surface area contributed by atoms with Crippen molar-refractivity contribution in [1.29, 1.82) is 0 Å². The maximum atomic E-state index is 13.4. The van der Waals surface area contributed by atoms with Crippen LogP contribution in [0.4, 0.5) is 0 Å². The Balaban J connectivity index is 1.54. The summed E-state index contributed by atoms with van der Waals surface area (Å²) < 4.78 is 5.63. The highest BCUT2D eigenvalue weighted by atomic mass is 16.5. The van der Waals surface area contributed by atoms with Gasteiger partial charge in [-0.2, -0.15) is 0 Å². The summed E-state index contributed by atoms with van der Waals surface area (Å²) in [7, 11) is 1.61. The molecule has 0 unspecified atom stereocenters. The van der Waals surface area contributed by atoms with Gasteiger partial charge in [-0.25, -0.2) is 0 Å². The number of nitrogens with zero attached hydrogens (tertiary/aromatic N) is 2. The van der Waals surface area contributed by atoms with Gasteiger partial charge in [0.05, 0.1) is 0 Å². The van der Waals surface area contributed by atoms with E-state index in [9.17, 15) is 9.59 Å². The Labute approximate surface area is 173 Å². The zero-order valence-electron chi connectivity index (χ0n) is 17.5. The van der Waals surface area contributed by atoms with Gasteiger partial charge in [0.25, 0.3) is 5.91 Å². The molecule has 6 nitrogen and oxygen atoms in total. The zero-order valence-corrected chi connectivity index (χ0v) is 17.5. The van der Waals surface area contributed by atoms with Crippen LogP contribution in [0.25, 0.3) is 0 Å². The van der Waals surface area contributed by atoms with Gasteiger partial charge in [-0.1, -0.05) is 36.8 Å². The monoisotopic (exact) mass is 399 g/mol. The fourth-order valence-corrected chi connectivity index (χ4v) is 5.79. The topological polar surface area (TPSA) is 61.9 Å². The molecule has 29 heavy (non-hydrogen) atoms. The molecule has 2 bridgehead atoms. The van der Waals surface area contributed by atoms with E-state index in [1.165, 1.54) is 19.3 Å². The van der Waals surface area contributed by atoms with Gasteiger partial charge in [0, 0.05) is 45.8 Å². The number of methoxy groups -OCH3 is 1. The summed E-state index contributed by atoms with van der Waals surface area (Å²) in [5.41, 5.74) is 0.907. The third-order valence-electron chi connectivity index (χ3n) is 7.06. The van der Waals surface area contributed by atoms with Gasteiger partial charge in [-0.15, -0.1) is 0 Å². The zero-order chi connectivity index (χ0) is 20.4. The number of benzene rings is 1. The second kappa shape index (κ2) is 8.84. The second-order valence-electron chi connectivity index (χ2n) is 8.83. The average Bonchev–Trinajstić information content (AvgIpc) is 2.74. The summed E-state index contributed by atoms with van der Waals surface area (Å²) in [5, 5.41) is 3.05. The Morgan fingerprint density at radius 2 is 1.93 bits per heavy atom. The van der Waals surface area contributed by atoms with Crippen molar-refractivity contribution in [3.63, 3.8) is 0 Å². The molecule has 0 radical (unpaired) electrons. The molecule has 6 heteroatoms. The highest BCUT2D eigenvalue weighted by Gasteiger charge is 2.48. The first kappa shape index (κ1) is 20.4. The standard InChI is InChI=1S/C23H33N3O3/c1-16(27)24-13-21-19-12-18(20-10-6-7-11-26(20)21)14-25(15-19)23(28)22(29-2)17-8-4-3-5-9-17/h3-5,8-9,18-22H,6-7,10-15H2,1-2H3,(H,24,27)/t18-,19+,20+,21+,22-/m1/s1. The first-order valence-electron chi connectivity index (χ1n) is 10.9. The number of nitrogens with one attached hydrogen (secondary N) is 1. The van der Waals surface area contributed by atoms with Crippen LogP contribution in [-0.2, 0) is 14.3 Å². The lowest BCUT2D eigenvalue weighted by atomic mass is 9.72. The van der Waals surface area contributed by atoms with Gasteiger partial charge in [0.2, 0.25) is 5.91 Å². The third kappa shape index (κ3) is 4.19. The number of piperidine rings is 3. The lowest BCUT2D eigenvalue weighted by Gasteiger charge is -2.57. The first-order chi connectivity index (χ1) is 14.1. The van der Waals surface area contributed by atoms with Crippen LogP contribution in [0, 0.1) is 11.8 Å². The van der Waals surface area contributed by atoms with E-state index in [0.717, 1.165) is 31.6 Å². The predicted molar refractivity (Wildman–Crippen MR) is 111 cm³/mol. The van der Waals surface area contributed by atoms with E-state index in [1.54, 1.807) is 14.0 Å². The van der Waals surface area contributed by atoms with E-state index in [0.29, 0.717) is 30.5 Å². The molecule has 158 valence electrons. The molecule has 3 fully saturated rings. The highest BCUT2D eigenvalue weighted by Crippen LogP contribution is 2.41. The lowest BCUT2D eigenvalue weighted by Crippen LogP contribution is -2.66. The van der Waals surface area contributed by atoms with Crippen molar-refractivity contribution in [1.82, 2.24) is 15.1 Å². The van der Waals surface area contributed by atoms with Crippen molar-refractivity contribution in [3.8, 4) is 0 Å². The number of carbonyl (C=O) groups excluding carboxylic acids is 2. The van der Waals surface area contributed by atoms with Gasteiger partial charge in [-0.05, 0) is 43.2 Å². The van der Waals surface area contributed by atoms with Crippen molar-refractivity contribution in [2.75, 3.05) is 33.3 Å². The molecule has 1 aromatic carbocycles. The minimum atomic E-state index is -0.550. The molecule has 4 rings (SSSR count). The summed E-state index contributed by atoms with van der Waals surface area (Å²) in [4.78, 5) is 29.7. The van der Waals surface area contributed by atoms with Crippen LogP contribution in [0.1, 0.15) is 44.3 Å². The van der Waals surface area contributed by atoms with Gasteiger partial charge in [0.1, 0.15) is 0 Å². The molecule has 2 amide bonds. The van der Waals surface area contributed by atoms with E-state index in [-0.39, 0.29) is 11.8 Å². The Morgan fingerprint density at radius 3 is 2.66 bits per heavy atom. The van der Waals surface area contributed by atoms with Crippen molar-refractivity contribution in [3.05, 3.63) is 35.9 Å². The van der Waals surface area contributed by atoms with Crippen LogP contribution in [0.5, 0.6) is 0 Å². The fraction of sp³-hybridized carbons (Fsp3) is 0.652. The number of likely N-dealkylation sites (tertiary alicyclic amines) is 1. The van der Waals surface area contributed by atoms with Crippen molar-refractivity contribution >= 4 is 11.8 Å². The van der Waals surface area contributed by atoms with Gasteiger partial charge in [0.15, 0.2) is 6.10 Å². The van der Waals surface area contributed by atoms with E-state index in [2.05, 4.69) is 10.2 Å². The van der Waals surface area contributed by atoms with Crippen LogP contribution < -0.4 is 5.32 Å². The average molecular weight is 400 g/mol. The Bertz CT molecular complexity index is 725. The lowest BCUT2D eigenvalue weighted by molar-refractivity contribution is -0.151. The number of hydrogen-bond donors (Lipinski definition) is 1. The summed E-state index contributed by atoms with van der Waals surface area (Å²) in [6, 6.07) is 10.6. The molecule has 0 spiro atoms. The van der Waals surface area contributed by atoms with Crippen LogP contribution in [-0.4, -0.2) is 67.0 Å². The Kier molecular flexibility index (Phi) is 6.20. The van der Waals surface area contributed by atoms with E-state index >= 15 is 0 Å². The van der Waals surface area contributed by atoms with Crippen molar-refractivity contribution in [2.45, 2.75) is 50.8 Å². The molecular weight excluding hydrogens is 366 g/mol. The number of ether oxygens (including phenoxy) is 1. The smallest absolute Gasteiger partial charge is 0.256 e. The number of amides is 2. The molecule has 1 N–H and O–H groups in total. The fourth-order valence-electron chi connectivity index (χ4n) is 5.79. The maximum Gasteiger partial charge on any atom is 0.256 e. The minimum absolute atomic E-state index is 0.0212. The normalized spacial score (nSPS) is 30.3. The van der Waals surface area contributed by atoms with E-state index in [1.807, 2.05) is 35.2 Å². The molecule has 3 aliphatic heterocycles. The molecule has 3 aliphatic rings. The highest BCUT2D eigenvalue weighted by molar-refractivity contribution is 5.82. The van der Waals surface area contributed by atoms with Crippen LogP contribution in [0.2, 0.25) is 0 Å². The van der Waals surface area contributed by atoms with Gasteiger partial charge in [-0.3, -0.25) is 14.5 Å². The summed E-state index contributed by atoms with van der Waals surface area (Å²) >= 11 is 0. The van der Waals surface area contributed by atoms with Gasteiger partial charge >= 0.3 is 0 Å². The van der Waals surface area contributed by atoms with Crippen molar-refractivity contribution in [2.24, 2.45) is 11.8 Å². The third-order valence-corrected chi connectivity index (χ3v) is 7.06. The van der Waals surface area contributed by atoms with Crippen LogP contribution in [0.3, 0.4) is 0 Å². The molecule has 3 saturated heterocycles. The largest absolute Gasteiger partial charge is 0.367 e. The Morgan fingerprint density at radius 1 is 1.17 bits per heavy atom. The maximum absolute atomic E-state index is 13.4. The molecule has 1 aromatic rings. The number of hydrogen-bond acceptors (Lipinski definition) is 4. The van der Waals surface area contributed by atoms with E-state index in [4.69, 9.17) is 4.74 Å². The predicted octanol–water partition coefficient (Wildman–Crippen LogP) is 2.21. The van der Waals surface area contributed by atoms with Crippen LogP contribution in [0.15, 0.2) is 30.3 Å². The molecule has 5 atom stereocenters. The minimum Gasteiger partial charge on any atom is -0.367 e. The Hall–Kier alpha value is -1.92. The summed E-state index contributed by atoms with van der Waals surface area (Å²) in [5.74, 6) is 0.996. The first-order valence-corrected chi connectivity index (χ1v) is 10.9. The molecule has 0 aromatic heterocycles. The number of carbonyl (C=O) groups is 2. The van der Waals surface area contributed by atoms with E-state index < -0.39 is 6.10 Å². The molecule has 3 heterocycles. The second-order valence-corrected chi connectivity index (χ2v) is 8.83. The molecule has 0 aliphatic carbocycles. The SMILES string of the molecule is CO[C@@H](C(=O)N1C[C@H]2C[C@@H](C1)[C@H](CNC(C)=O)N1CCCC[C@@H]21)c1ccccc1. The van der Waals surface area contributed by atoms with Gasteiger partial charge < -0.3 is 15.0 Å². The summed E-state index contributed by atoms with van der Waals surface area (Å²) in [6.07, 6.45) is 4.29. The summed E-state index contributed by atoms with van der Waals surface area (Å²) in [6.45, 7) is 4.93. The van der Waals surface area contributed by atoms with Crippen molar-refractivity contribution < 1.29 is 14.3 Å². The van der Waals surface area contributed by atoms with Crippen LogP contribution >= 0.6 is 0 Å².